The predicted octanol–water partition coefficient (Wildman–Crippen LogP) is 7.52. The van der Waals surface area contributed by atoms with Gasteiger partial charge < -0.3 is 24.6 Å². The van der Waals surface area contributed by atoms with Gasteiger partial charge in [-0.25, -0.2) is 0 Å². The monoisotopic (exact) mass is 757 g/mol. The zero-order chi connectivity index (χ0) is 37.7. The van der Waals surface area contributed by atoms with Gasteiger partial charge in [0.25, 0.3) is 5.91 Å². The molecule has 1 aromatic carbocycles. The molecule has 1 amide bonds. The molecule has 2 fully saturated rings. The van der Waals surface area contributed by atoms with E-state index in [1.54, 1.807) is 29.2 Å². The average molecular weight is 758 g/mol. The van der Waals surface area contributed by atoms with Crippen LogP contribution in [0.5, 0.6) is 11.5 Å². The number of likely N-dealkylation sites (tertiary alicyclic amines) is 2. The van der Waals surface area contributed by atoms with E-state index in [0.717, 1.165) is 24.5 Å². The van der Waals surface area contributed by atoms with Crippen LogP contribution in [0.3, 0.4) is 0 Å². The van der Waals surface area contributed by atoms with Crippen LogP contribution in [0.1, 0.15) is 79.9 Å². The Morgan fingerprint density at radius 1 is 1.04 bits per heavy atom. The molecule has 284 valence electrons. The maximum absolute atomic E-state index is 14.8. The molecule has 4 heterocycles. The lowest BCUT2D eigenvalue weighted by Crippen LogP contribution is -2.67. The summed E-state index contributed by atoms with van der Waals surface area (Å²) in [5, 5.41) is 22.0. The molecular weight excluding hydrogens is 716 g/mol. The Morgan fingerprint density at radius 3 is 2.42 bits per heavy atom. The Kier molecular flexibility index (Phi) is 12.1. The molecule has 2 saturated heterocycles. The molecule has 2 aliphatic heterocycles. The van der Waals surface area contributed by atoms with Crippen molar-refractivity contribution in [2.24, 2.45) is 0 Å². The van der Waals surface area contributed by atoms with Crippen LogP contribution >= 0.6 is 11.3 Å². The molecule has 0 saturated carbocycles. The average Bonchev–Trinajstić information content (AvgIpc) is 3.57. The molecule has 16 heteroatoms. The van der Waals surface area contributed by atoms with Gasteiger partial charge in [-0.3, -0.25) is 19.5 Å². The van der Waals surface area contributed by atoms with Crippen LogP contribution in [0, 0.1) is 0 Å². The zero-order valence-electron chi connectivity index (χ0n) is 28.5. The number of piperidine rings is 2. The highest BCUT2D eigenvalue weighted by Gasteiger charge is 2.55. The number of halogens is 6. The second-order valence-corrected chi connectivity index (χ2v) is 14.1. The van der Waals surface area contributed by atoms with Crippen LogP contribution in [0.25, 0.3) is 0 Å². The number of hydrogen-bond donors (Lipinski definition) is 2. The van der Waals surface area contributed by atoms with E-state index in [1.807, 2.05) is 6.92 Å². The number of pyridine rings is 1. The van der Waals surface area contributed by atoms with Gasteiger partial charge in [0.05, 0.1) is 23.8 Å². The number of carbonyl (C=O) groups is 2. The van der Waals surface area contributed by atoms with E-state index >= 15 is 0 Å². The first-order valence-corrected chi connectivity index (χ1v) is 18.0. The molecule has 0 radical (unpaired) electrons. The van der Waals surface area contributed by atoms with Crippen molar-refractivity contribution >= 4 is 23.2 Å². The topological polar surface area (TPSA) is 112 Å². The first kappa shape index (κ1) is 39.3. The van der Waals surface area contributed by atoms with Crippen LogP contribution < -0.4 is 9.47 Å². The fraction of sp³-hybridized carbons (Fsp3) is 0.528. The number of amides is 1. The van der Waals surface area contributed by atoms with E-state index in [0.29, 0.717) is 48.5 Å². The van der Waals surface area contributed by atoms with Crippen molar-refractivity contribution in [1.29, 1.82) is 0 Å². The number of hydrogen-bond acceptors (Lipinski definition) is 8. The third kappa shape index (κ3) is 8.83. The van der Waals surface area contributed by atoms with Crippen molar-refractivity contribution < 1.29 is 55.6 Å². The highest BCUT2D eigenvalue weighted by Crippen LogP contribution is 2.44. The Bertz CT molecular complexity index is 1690. The normalized spacial score (nSPS) is 21.2. The molecule has 9 nitrogen and oxygen atoms in total. The number of rotatable bonds is 13. The lowest BCUT2D eigenvalue weighted by Gasteiger charge is -2.51. The van der Waals surface area contributed by atoms with Gasteiger partial charge in [-0.1, -0.05) is 31.5 Å². The van der Waals surface area contributed by atoms with Crippen molar-refractivity contribution in [2.45, 2.75) is 94.4 Å². The Morgan fingerprint density at radius 2 is 1.77 bits per heavy atom. The second-order valence-electron chi connectivity index (χ2n) is 13.2. The van der Waals surface area contributed by atoms with Gasteiger partial charge in [0.2, 0.25) is 5.60 Å². The van der Waals surface area contributed by atoms with Gasteiger partial charge in [0, 0.05) is 55.5 Å². The molecule has 5 rings (SSSR count). The fourth-order valence-corrected chi connectivity index (χ4v) is 7.91. The Labute approximate surface area is 301 Å². The van der Waals surface area contributed by atoms with E-state index < -0.39 is 51.9 Å². The summed E-state index contributed by atoms with van der Waals surface area (Å²) in [5.41, 5.74) is -3.65. The third-order valence-corrected chi connectivity index (χ3v) is 10.6. The van der Waals surface area contributed by atoms with Crippen molar-refractivity contribution in [3.8, 4) is 11.5 Å². The number of ether oxygens (including phenoxy) is 2. The summed E-state index contributed by atoms with van der Waals surface area (Å²) in [6.45, 7) is 2.15. The summed E-state index contributed by atoms with van der Waals surface area (Å²) in [6, 6.07) is 7.74. The van der Waals surface area contributed by atoms with Gasteiger partial charge >= 0.3 is 18.3 Å². The number of thiophene rings is 1. The number of aliphatic hydroxyl groups is 1. The van der Waals surface area contributed by atoms with Gasteiger partial charge in [-0.15, -0.1) is 11.3 Å². The highest BCUT2D eigenvalue weighted by atomic mass is 32.1. The van der Waals surface area contributed by atoms with Crippen LogP contribution in [-0.2, 0) is 34.1 Å². The first-order valence-electron chi connectivity index (χ1n) is 17.1. The van der Waals surface area contributed by atoms with Crippen LogP contribution in [0.15, 0.2) is 54.2 Å². The fourth-order valence-electron chi connectivity index (χ4n) is 7.23. The van der Waals surface area contributed by atoms with E-state index in [1.165, 1.54) is 10.3 Å². The Balaban J connectivity index is 1.45. The SMILES string of the molecule is CCC[C@H]1N(Cc2cnccc2C(F)(F)F)CCC[C@@]1(Oc1csc(C(F)(F)F)c1)C(=O)N1CCC(O)(c2ccccc2OCCCC(=O)O)CC1. The van der Waals surface area contributed by atoms with E-state index in [9.17, 15) is 41.0 Å². The van der Waals surface area contributed by atoms with Crippen molar-refractivity contribution in [1.82, 2.24) is 14.8 Å². The number of nitrogens with zero attached hydrogens (tertiary/aromatic N) is 3. The standard InChI is InChI=1S/C36H41F6N3O6S/c1-2-7-29-34(51-25-20-30(52-23-25)36(40,41)42,12-6-16-45(29)22-24-21-43-15-11-26(24)35(37,38)39)32(48)44-17-13-33(49,14-18-44)27-8-3-4-9-28(27)50-19-5-10-31(46)47/h3-4,8-9,11,15,20-21,23,29,49H,2,5-7,10,12-14,16-19,22H2,1H3,(H,46,47)/t29-,34+/m1/s1. The molecule has 2 N–H and O–H groups in total. The number of para-hydroxylation sites is 1. The minimum Gasteiger partial charge on any atom is -0.493 e. The van der Waals surface area contributed by atoms with Gasteiger partial charge in [-0.05, 0) is 62.8 Å². The van der Waals surface area contributed by atoms with Crippen molar-refractivity contribution in [2.75, 3.05) is 26.2 Å². The van der Waals surface area contributed by atoms with Crippen LogP contribution in [0.4, 0.5) is 26.3 Å². The van der Waals surface area contributed by atoms with E-state index in [-0.39, 0.29) is 69.7 Å². The molecule has 0 unspecified atom stereocenters. The smallest absolute Gasteiger partial charge is 0.425 e. The summed E-state index contributed by atoms with van der Waals surface area (Å²) < 4.78 is 95.2. The highest BCUT2D eigenvalue weighted by molar-refractivity contribution is 7.10. The van der Waals surface area contributed by atoms with Crippen LogP contribution in [0.2, 0.25) is 0 Å². The largest absolute Gasteiger partial charge is 0.493 e. The lowest BCUT2D eigenvalue weighted by molar-refractivity contribution is -0.166. The molecule has 52 heavy (non-hydrogen) atoms. The molecule has 2 aliphatic rings. The number of carbonyl (C=O) groups excluding carboxylic acids is 1. The van der Waals surface area contributed by atoms with Crippen LogP contribution in [-0.4, -0.2) is 74.8 Å². The summed E-state index contributed by atoms with van der Waals surface area (Å²) in [5.74, 6) is -1.25. The number of alkyl halides is 6. The summed E-state index contributed by atoms with van der Waals surface area (Å²) in [6.07, 6.45) is -5.56. The summed E-state index contributed by atoms with van der Waals surface area (Å²) >= 11 is 0.425. The third-order valence-electron chi connectivity index (χ3n) is 9.69. The predicted molar refractivity (Wildman–Crippen MR) is 179 cm³/mol. The minimum atomic E-state index is -4.66. The maximum atomic E-state index is 14.8. The molecule has 2 aromatic heterocycles. The number of aliphatic carboxylic acids is 1. The van der Waals surface area contributed by atoms with Gasteiger partial charge in [-0.2, -0.15) is 26.3 Å². The van der Waals surface area contributed by atoms with E-state index in [4.69, 9.17) is 14.6 Å². The van der Waals surface area contributed by atoms with Gasteiger partial charge in [0.15, 0.2) is 0 Å². The molecule has 0 aliphatic carbocycles. The Hall–Kier alpha value is -3.89. The van der Waals surface area contributed by atoms with Crippen molar-refractivity contribution in [3.05, 3.63) is 75.7 Å². The van der Waals surface area contributed by atoms with E-state index in [2.05, 4.69) is 4.98 Å². The van der Waals surface area contributed by atoms with Gasteiger partial charge in [0.1, 0.15) is 16.4 Å². The minimum absolute atomic E-state index is 0.0465. The summed E-state index contributed by atoms with van der Waals surface area (Å²) in [4.78, 5) is 32.0. The number of benzene rings is 1. The maximum Gasteiger partial charge on any atom is 0.425 e. The first-order chi connectivity index (χ1) is 24.6. The number of carboxylic acid groups (broad SMARTS) is 1. The lowest BCUT2D eigenvalue weighted by atomic mass is 9.78. The quantitative estimate of drug-likeness (QED) is 0.136. The van der Waals surface area contributed by atoms with Crippen molar-refractivity contribution in [3.63, 3.8) is 0 Å². The molecule has 3 aromatic rings. The molecule has 0 bridgehead atoms. The number of aromatic nitrogens is 1. The summed E-state index contributed by atoms with van der Waals surface area (Å²) in [7, 11) is 0. The molecule has 2 atom stereocenters. The number of carboxylic acids is 1. The molecule has 0 spiro atoms. The zero-order valence-corrected chi connectivity index (χ0v) is 29.3. The second kappa shape index (κ2) is 16.0. The molecular formula is C36H41F6N3O6S.